The van der Waals surface area contributed by atoms with Crippen molar-refractivity contribution in [1.82, 2.24) is 14.9 Å². The molecule has 1 fully saturated rings. The van der Waals surface area contributed by atoms with Crippen molar-refractivity contribution in [2.75, 3.05) is 5.75 Å². The first kappa shape index (κ1) is 17.0. The van der Waals surface area contributed by atoms with Crippen molar-refractivity contribution in [3.8, 4) is 0 Å². The fourth-order valence-corrected chi connectivity index (χ4v) is 3.91. The largest absolute Gasteiger partial charge is 0.353 e. The fourth-order valence-electron chi connectivity index (χ4n) is 3.13. The van der Waals surface area contributed by atoms with Crippen LogP contribution < -0.4 is 10.9 Å². The minimum Gasteiger partial charge on any atom is -0.353 e. The van der Waals surface area contributed by atoms with E-state index >= 15 is 0 Å². The lowest BCUT2D eigenvalue weighted by Crippen LogP contribution is -2.38. The number of aromatic nitrogens is 2. The molecule has 0 radical (unpaired) electrons. The summed E-state index contributed by atoms with van der Waals surface area (Å²) in [5.74, 6) is 1.07. The van der Waals surface area contributed by atoms with E-state index in [1.165, 1.54) is 29.2 Å². The van der Waals surface area contributed by atoms with Gasteiger partial charge in [-0.15, -0.1) is 0 Å². The van der Waals surface area contributed by atoms with Gasteiger partial charge in [0.25, 0.3) is 5.56 Å². The van der Waals surface area contributed by atoms with E-state index in [2.05, 4.69) is 17.2 Å². The molecule has 1 aliphatic rings. The monoisotopic (exact) mass is 345 g/mol. The summed E-state index contributed by atoms with van der Waals surface area (Å²) in [6, 6.07) is 7.58. The molecular formula is C18H23N3O2S. The summed E-state index contributed by atoms with van der Waals surface area (Å²) in [6.45, 7) is 2.26. The molecule has 6 heteroatoms. The van der Waals surface area contributed by atoms with Crippen molar-refractivity contribution in [2.45, 2.75) is 43.8 Å². The summed E-state index contributed by atoms with van der Waals surface area (Å²) < 4.78 is 1.52. The molecule has 2 aromatic rings. The van der Waals surface area contributed by atoms with Crippen LogP contribution in [-0.4, -0.2) is 27.3 Å². The molecule has 1 heterocycles. The lowest BCUT2D eigenvalue weighted by Gasteiger charge is -2.26. The second-order valence-corrected chi connectivity index (χ2v) is 7.53. The first-order valence-electron chi connectivity index (χ1n) is 8.42. The van der Waals surface area contributed by atoms with Gasteiger partial charge in [0.15, 0.2) is 5.16 Å². The Morgan fingerprint density at radius 1 is 1.29 bits per heavy atom. The molecule has 0 aliphatic heterocycles. The predicted octanol–water partition coefficient (Wildman–Crippen LogP) is 2.72. The topological polar surface area (TPSA) is 64.0 Å². The standard InChI is InChI=1S/C18H23N3O2S/c1-12-7-9-13(10-8-12)19-16(22)11-24-18-20-15-6-4-3-5-14(15)17(23)21(18)2/h3-6,12-13H,7-11H2,1-2H3,(H,19,22). The maximum absolute atomic E-state index is 12.4. The predicted molar refractivity (Wildman–Crippen MR) is 97.3 cm³/mol. The molecule has 0 saturated heterocycles. The third kappa shape index (κ3) is 3.80. The zero-order valence-corrected chi connectivity index (χ0v) is 14.9. The summed E-state index contributed by atoms with van der Waals surface area (Å²) in [7, 11) is 1.70. The second-order valence-electron chi connectivity index (χ2n) is 6.59. The van der Waals surface area contributed by atoms with E-state index in [0.29, 0.717) is 22.1 Å². The highest BCUT2D eigenvalue weighted by Gasteiger charge is 2.20. The summed E-state index contributed by atoms with van der Waals surface area (Å²) in [5, 5.41) is 4.28. The molecule has 1 aromatic heterocycles. The number of hydrogen-bond donors (Lipinski definition) is 1. The SMILES string of the molecule is CC1CCC(NC(=O)CSc2nc3ccccc3c(=O)n2C)CC1. The van der Waals surface area contributed by atoms with Crippen molar-refractivity contribution in [3.05, 3.63) is 34.6 Å². The van der Waals surface area contributed by atoms with E-state index in [-0.39, 0.29) is 17.2 Å². The van der Waals surface area contributed by atoms with Gasteiger partial charge in [0.2, 0.25) is 5.91 Å². The van der Waals surface area contributed by atoms with Gasteiger partial charge in [-0.1, -0.05) is 30.8 Å². The Labute approximate surface area is 145 Å². The van der Waals surface area contributed by atoms with Gasteiger partial charge < -0.3 is 5.32 Å². The summed E-state index contributed by atoms with van der Waals surface area (Å²) in [6.07, 6.45) is 4.48. The lowest BCUT2D eigenvalue weighted by molar-refractivity contribution is -0.119. The van der Waals surface area contributed by atoms with Gasteiger partial charge in [-0.25, -0.2) is 4.98 Å². The summed E-state index contributed by atoms with van der Waals surface area (Å²) in [5.41, 5.74) is 0.592. The minimum absolute atomic E-state index is 0.0157. The number of amides is 1. The number of fused-ring (bicyclic) bond motifs is 1. The first-order chi connectivity index (χ1) is 11.5. The Bertz CT molecular complexity index is 794. The maximum Gasteiger partial charge on any atom is 0.261 e. The number of rotatable bonds is 4. The molecule has 1 aliphatic carbocycles. The highest BCUT2D eigenvalue weighted by atomic mass is 32.2. The van der Waals surface area contributed by atoms with Crippen molar-refractivity contribution in [1.29, 1.82) is 0 Å². The zero-order valence-electron chi connectivity index (χ0n) is 14.1. The molecule has 0 atom stereocenters. The van der Waals surface area contributed by atoms with Gasteiger partial charge in [-0.05, 0) is 43.7 Å². The van der Waals surface area contributed by atoms with Crippen molar-refractivity contribution < 1.29 is 4.79 Å². The zero-order chi connectivity index (χ0) is 17.1. The van der Waals surface area contributed by atoms with Gasteiger partial charge in [-0.2, -0.15) is 0 Å². The quantitative estimate of drug-likeness (QED) is 0.683. The molecular weight excluding hydrogens is 322 g/mol. The Morgan fingerprint density at radius 3 is 2.75 bits per heavy atom. The first-order valence-corrected chi connectivity index (χ1v) is 9.41. The highest BCUT2D eigenvalue weighted by Crippen LogP contribution is 2.23. The Morgan fingerprint density at radius 2 is 2.00 bits per heavy atom. The van der Waals surface area contributed by atoms with Gasteiger partial charge in [0, 0.05) is 13.1 Å². The molecule has 3 rings (SSSR count). The second kappa shape index (κ2) is 7.38. The van der Waals surface area contributed by atoms with Gasteiger partial charge in [0.1, 0.15) is 0 Å². The summed E-state index contributed by atoms with van der Waals surface area (Å²) >= 11 is 1.31. The van der Waals surface area contributed by atoms with Crippen LogP contribution in [-0.2, 0) is 11.8 Å². The van der Waals surface area contributed by atoms with E-state index in [4.69, 9.17) is 0 Å². The Balaban J connectivity index is 1.64. The highest BCUT2D eigenvalue weighted by molar-refractivity contribution is 7.99. The number of para-hydroxylation sites is 1. The number of nitrogens with zero attached hydrogens (tertiary/aromatic N) is 2. The number of thioether (sulfide) groups is 1. The van der Waals surface area contributed by atoms with Crippen molar-refractivity contribution in [3.63, 3.8) is 0 Å². The minimum atomic E-state index is -0.0789. The molecule has 0 unspecified atom stereocenters. The van der Waals surface area contributed by atoms with Crippen molar-refractivity contribution in [2.24, 2.45) is 13.0 Å². The molecule has 128 valence electrons. The van der Waals surface area contributed by atoms with Gasteiger partial charge in [0.05, 0.1) is 16.7 Å². The smallest absolute Gasteiger partial charge is 0.261 e. The molecule has 1 N–H and O–H groups in total. The third-order valence-electron chi connectivity index (χ3n) is 4.66. The molecule has 0 spiro atoms. The van der Waals surface area contributed by atoms with Crippen LogP contribution >= 0.6 is 11.8 Å². The summed E-state index contributed by atoms with van der Waals surface area (Å²) in [4.78, 5) is 29.0. The van der Waals surface area contributed by atoms with E-state index < -0.39 is 0 Å². The number of nitrogens with one attached hydrogen (secondary N) is 1. The molecule has 0 bridgehead atoms. The van der Waals surface area contributed by atoms with Crippen LogP contribution in [0.25, 0.3) is 10.9 Å². The molecule has 1 aromatic carbocycles. The average Bonchev–Trinajstić information content (AvgIpc) is 2.59. The van der Waals surface area contributed by atoms with Crippen LogP contribution in [0, 0.1) is 5.92 Å². The lowest BCUT2D eigenvalue weighted by atomic mass is 9.87. The van der Waals surface area contributed by atoms with E-state index in [1.807, 2.05) is 18.2 Å². The number of carbonyl (C=O) groups excluding carboxylic acids is 1. The molecule has 1 saturated carbocycles. The van der Waals surface area contributed by atoms with E-state index in [9.17, 15) is 9.59 Å². The van der Waals surface area contributed by atoms with Crippen LogP contribution in [0.2, 0.25) is 0 Å². The Kier molecular flexibility index (Phi) is 5.23. The van der Waals surface area contributed by atoms with Crippen LogP contribution in [0.15, 0.2) is 34.2 Å². The van der Waals surface area contributed by atoms with Crippen LogP contribution in [0.5, 0.6) is 0 Å². The molecule has 1 amide bonds. The maximum atomic E-state index is 12.4. The molecule has 24 heavy (non-hydrogen) atoms. The van der Waals surface area contributed by atoms with Gasteiger partial charge in [-0.3, -0.25) is 14.2 Å². The number of carbonyl (C=O) groups is 1. The fraction of sp³-hybridized carbons (Fsp3) is 0.500. The third-order valence-corrected chi connectivity index (χ3v) is 5.69. The van der Waals surface area contributed by atoms with Crippen LogP contribution in [0.3, 0.4) is 0 Å². The molecule has 5 nitrogen and oxygen atoms in total. The van der Waals surface area contributed by atoms with E-state index in [1.54, 1.807) is 13.1 Å². The van der Waals surface area contributed by atoms with E-state index in [0.717, 1.165) is 18.8 Å². The van der Waals surface area contributed by atoms with Gasteiger partial charge >= 0.3 is 0 Å². The Hall–Kier alpha value is -1.82. The average molecular weight is 345 g/mol. The van der Waals surface area contributed by atoms with Crippen LogP contribution in [0.1, 0.15) is 32.6 Å². The van der Waals surface area contributed by atoms with Crippen LogP contribution in [0.4, 0.5) is 0 Å². The van der Waals surface area contributed by atoms with Crippen molar-refractivity contribution >= 4 is 28.6 Å². The number of benzene rings is 1. The normalized spacial score (nSPS) is 20.9. The number of hydrogen-bond acceptors (Lipinski definition) is 4.